The van der Waals surface area contributed by atoms with Crippen molar-refractivity contribution in [1.29, 1.82) is 0 Å². The van der Waals surface area contributed by atoms with E-state index in [1.54, 1.807) is 0 Å². The van der Waals surface area contributed by atoms with E-state index in [-0.39, 0.29) is 0 Å². The van der Waals surface area contributed by atoms with E-state index in [0.29, 0.717) is 5.92 Å². The standard InChI is InChI=1S/C18H28N4/c1-14-17(21-10-4-2-3-5-11-21)19-16(15-8-9-15)20-18(14)22-12-6-7-13-22/h15H,2-13H2,1H3. The summed E-state index contributed by atoms with van der Waals surface area (Å²) in [5.74, 6) is 4.22. The summed E-state index contributed by atoms with van der Waals surface area (Å²) in [5, 5.41) is 0. The van der Waals surface area contributed by atoms with Gasteiger partial charge in [0.25, 0.3) is 0 Å². The fraction of sp³-hybridized carbons (Fsp3) is 0.778. The molecule has 4 nitrogen and oxygen atoms in total. The molecular weight excluding hydrogens is 272 g/mol. The molecule has 0 N–H and O–H groups in total. The van der Waals surface area contributed by atoms with Gasteiger partial charge in [0.1, 0.15) is 17.5 Å². The number of anilines is 2. The Morgan fingerprint density at radius 1 is 0.727 bits per heavy atom. The van der Waals surface area contributed by atoms with E-state index in [9.17, 15) is 0 Å². The molecule has 3 heterocycles. The first-order valence-electron chi connectivity index (χ1n) is 9.21. The van der Waals surface area contributed by atoms with Gasteiger partial charge in [0, 0.05) is 37.7 Å². The number of nitrogens with zero attached hydrogens (tertiary/aromatic N) is 4. The van der Waals surface area contributed by atoms with Crippen LogP contribution in [0.4, 0.5) is 11.6 Å². The van der Waals surface area contributed by atoms with Gasteiger partial charge in [0.15, 0.2) is 0 Å². The zero-order valence-electron chi connectivity index (χ0n) is 13.9. The Labute approximate surface area is 133 Å². The normalized spacial score (nSPS) is 23.0. The smallest absolute Gasteiger partial charge is 0.137 e. The SMILES string of the molecule is Cc1c(N2CCCCCC2)nc(C2CC2)nc1N1CCCC1. The quantitative estimate of drug-likeness (QED) is 0.853. The lowest BCUT2D eigenvalue weighted by Gasteiger charge is -2.27. The molecule has 1 aromatic heterocycles. The third-order valence-corrected chi connectivity index (χ3v) is 5.37. The fourth-order valence-corrected chi connectivity index (χ4v) is 3.86. The molecule has 0 bridgehead atoms. The van der Waals surface area contributed by atoms with Gasteiger partial charge < -0.3 is 9.80 Å². The fourth-order valence-electron chi connectivity index (χ4n) is 3.86. The molecule has 2 saturated heterocycles. The van der Waals surface area contributed by atoms with Crippen LogP contribution in [0.15, 0.2) is 0 Å². The largest absolute Gasteiger partial charge is 0.356 e. The minimum absolute atomic E-state index is 0.632. The summed E-state index contributed by atoms with van der Waals surface area (Å²) in [6.45, 7) is 6.91. The maximum absolute atomic E-state index is 5.02. The van der Waals surface area contributed by atoms with Crippen LogP contribution in [0.3, 0.4) is 0 Å². The molecule has 1 aromatic rings. The first-order valence-corrected chi connectivity index (χ1v) is 9.21. The summed E-state index contributed by atoms with van der Waals surface area (Å²) in [6, 6.07) is 0. The van der Waals surface area contributed by atoms with E-state index >= 15 is 0 Å². The molecule has 2 aliphatic heterocycles. The van der Waals surface area contributed by atoms with Crippen LogP contribution in [-0.2, 0) is 0 Å². The number of hydrogen-bond acceptors (Lipinski definition) is 4. The van der Waals surface area contributed by atoms with E-state index in [1.807, 2.05) is 0 Å². The van der Waals surface area contributed by atoms with Crippen LogP contribution in [0.1, 0.15) is 68.7 Å². The number of hydrogen-bond donors (Lipinski definition) is 0. The molecule has 1 saturated carbocycles. The maximum Gasteiger partial charge on any atom is 0.137 e. The molecule has 3 aliphatic rings. The van der Waals surface area contributed by atoms with Gasteiger partial charge in [-0.15, -0.1) is 0 Å². The Morgan fingerprint density at radius 2 is 1.18 bits per heavy atom. The molecule has 4 heteroatoms. The van der Waals surface area contributed by atoms with Crippen LogP contribution < -0.4 is 9.80 Å². The van der Waals surface area contributed by atoms with Gasteiger partial charge in [0.2, 0.25) is 0 Å². The minimum Gasteiger partial charge on any atom is -0.356 e. The predicted octanol–water partition coefficient (Wildman–Crippen LogP) is 3.64. The van der Waals surface area contributed by atoms with Gasteiger partial charge >= 0.3 is 0 Å². The Bertz CT molecular complexity index is 524. The monoisotopic (exact) mass is 300 g/mol. The summed E-state index contributed by atoms with van der Waals surface area (Å²) < 4.78 is 0. The lowest BCUT2D eigenvalue weighted by molar-refractivity contribution is 0.726. The molecule has 0 spiro atoms. The van der Waals surface area contributed by atoms with Gasteiger partial charge in [-0.25, -0.2) is 9.97 Å². The highest BCUT2D eigenvalue weighted by atomic mass is 15.3. The van der Waals surface area contributed by atoms with Gasteiger partial charge in [-0.05, 0) is 45.4 Å². The van der Waals surface area contributed by atoms with Crippen LogP contribution in [-0.4, -0.2) is 36.1 Å². The molecular formula is C18H28N4. The highest BCUT2D eigenvalue weighted by Crippen LogP contribution is 2.41. The average molecular weight is 300 g/mol. The third-order valence-electron chi connectivity index (χ3n) is 5.37. The summed E-state index contributed by atoms with van der Waals surface area (Å²) in [7, 11) is 0. The summed E-state index contributed by atoms with van der Waals surface area (Å²) in [6.07, 6.45) is 10.5. The molecule has 0 amide bonds. The number of aromatic nitrogens is 2. The summed E-state index contributed by atoms with van der Waals surface area (Å²) in [4.78, 5) is 15.0. The van der Waals surface area contributed by atoms with Crippen LogP contribution in [0.25, 0.3) is 0 Å². The lowest BCUT2D eigenvalue weighted by Crippen LogP contribution is -2.28. The molecule has 120 valence electrons. The van der Waals surface area contributed by atoms with Crippen molar-refractivity contribution in [3.8, 4) is 0 Å². The van der Waals surface area contributed by atoms with Crippen LogP contribution in [0, 0.1) is 6.92 Å². The second kappa shape index (κ2) is 6.05. The molecule has 0 aromatic carbocycles. The average Bonchev–Trinajstić information content (AvgIpc) is 3.30. The molecule has 0 unspecified atom stereocenters. The molecule has 0 atom stereocenters. The highest BCUT2D eigenvalue weighted by Gasteiger charge is 2.30. The zero-order valence-corrected chi connectivity index (χ0v) is 13.9. The van der Waals surface area contributed by atoms with Crippen molar-refractivity contribution in [3.05, 3.63) is 11.4 Å². The zero-order chi connectivity index (χ0) is 14.9. The van der Waals surface area contributed by atoms with Crippen molar-refractivity contribution in [1.82, 2.24) is 9.97 Å². The van der Waals surface area contributed by atoms with Gasteiger partial charge in [-0.1, -0.05) is 12.8 Å². The van der Waals surface area contributed by atoms with Crippen LogP contribution in [0.5, 0.6) is 0 Å². The highest BCUT2D eigenvalue weighted by molar-refractivity contribution is 5.60. The number of rotatable bonds is 3. The van der Waals surface area contributed by atoms with E-state index in [4.69, 9.17) is 9.97 Å². The van der Waals surface area contributed by atoms with Crippen LogP contribution >= 0.6 is 0 Å². The second-order valence-electron chi connectivity index (χ2n) is 7.22. The molecule has 22 heavy (non-hydrogen) atoms. The third kappa shape index (κ3) is 2.80. The summed E-state index contributed by atoms with van der Waals surface area (Å²) >= 11 is 0. The first kappa shape index (κ1) is 14.3. The van der Waals surface area contributed by atoms with E-state index in [2.05, 4.69) is 16.7 Å². The second-order valence-corrected chi connectivity index (χ2v) is 7.22. The lowest BCUT2D eigenvalue weighted by atomic mass is 10.2. The molecule has 3 fully saturated rings. The van der Waals surface area contributed by atoms with Crippen molar-refractivity contribution < 1.29 is 0 Å². The van der Waals surface area contributed by atoms with Gasteiger partial charge in [-0.3, -0.25) is 0 Å². The van der Waals surface area contributed by atoms with Gasteiger partial charge in [0.05, 0.1) is 0 Å². The maximum atomic E-state index is 5.02. The molecule has 1 aliphatic carbocycles. The van der Waals surface area contributed by atoms with Gasteiger partial charge in [-0.2, -0.15) is 0 Å². The molecule has 4 rings (SSSR count). The Kier molecular flexibility index (Phi) is 3.93. The minimum atomic E-state index is 0.632. The van der Waals surface area contributed by atoms with E-state index in [1.165, 1.54) is 94.7 Å². The van der Waals surface area contributed by atoms with Crippen molar-refractivity contribution in [2.24, 2.45) is 0 Å². The van der Waals surface area contributed by atoms with Crippen LogP contribution in [0.2, 0.25) is 0 Å². The van der Waals surface area contributed by atoms with Crippen molar-refractivity contribution in [3.63, 3.8) is 0 Å². The Balaban J connectivity index is 1.71. The van der Waals surface area contributed by atoms with Crippen molar-refractivity contribution in [2.45, 2.75) is 64.2 Å². The van der Waals surface area contributed by atoms with Crippen molar-refractivity contribution >= 4 is 11.6 Å². The van der Waals surface area contributed by atoms with E-state index in [0.717, 1.165) is 5.82 Å². The molecule has 0 radical (unpaired) electrons. The topological polar surface area (TPSA) is 32.3 Å². The van der Waals surface area contributed by atoms with Crippen molar-refractivity contribution in [2.75, 3.05) is 36.0 Å². The van der Waals surface area contributed by atoms with E-state index < -0.39 is 0 Å². The Morgan fingerprint density at radius 3 is 1.64 bits per heavy atom. The predicted molar refractivity (Wildman–Crippen MR) is 90.9 cm³/mol. The first-order chi connectivity index (χ1) is 10.8. The summed E-state index contributed by atoms with van der Waals surface area (Å²) in [5.41, 5.74) is 1.31. The Hall–Kier alpha value is -1.32.